The smallest absolute Gasteiger partial charge is 0.242 e. The van der Waals surface area contributed by atoms with Gasteiger partial charge in [0.15, 0.2) is 0 Å². The normalized spacial score (nSPS) is 11.1. The van der Waals surface area contributed by atoms with Gasteiger partial charge in [-0.05, 0) is 37.6 Å². The van der Waals surface area contributed by atoms with E-state index in [0.717, 1.165) is 18.5 Å². The van der Waals surface area contributed by atoms with Crippen LogP contribution in [0.15, 0.2) is 23.1 Å². The molecule has 0 radical (unpaired) electrons. The molecule has 4 nitrogen and oxygen atoms in total. The van der Waals surface area contributed by atoms with Gasteiger partial charge in [0.05, 0.1) is 5.02 Å². The summed E-state index contributed by atoms with van der Waals surface area (Å²) < 4.78 is 26.5. The van der Waals surface area contributed by atoms with Crippen molar-refractivity contribution < 1.29 is 8.42 Å². The largest absolute Gasteiger partial charge is 0.315 e. The maximum absolute atomic E-state index is 12.0. The molecule has 0 bridgehead atoms. The van der Waals surface area contributed by atoms with E-state index in [1.54, 1.807) is 12.1 Å². The Morgan fingerprint density at radius 1 is 1.21 bits per heavy atom. The maximum atomic E-state index is 12.0. The molecule has 0 aliphatic rings. The summed E-state index contributed by atoms with van der Waals surface area (Å²) in [6, 6.07) is 4.90. The molecule has 7 heteroatoms. The zero-order valence-electron chi connectivity index (χ0n) is 11.1. The fraction of sp³-hybridized carbons (Fsp3) is 0.500. The molecular weight excluding hydrogens is 307 g/mol. The van der Waals surface area contributed by atoms with Gasteiger partial charge in [-0.1, -0.05) is 24.6 Å². The Morgan fingerprint density at radius 3 is 2.47 bits per heavy atom. The van der Waals surface area contributed by atoms with Crippen molar-refractivity contribution in [3.63, 3.8) is 0 Å². The van der Waals surface area contributed by atoms with Crippen LogP contribution in [-0.2, 0) is 10.0 Å². The van der Waals surface area contributed by atoms with E-state index < -0.39 is 10.0 Å². The molecule has 0 aliphatic heterocycles. The van der Waals surface area contributed by atoms with Crippen LogP contribution in [0.4, 0.5) is 0 Å². The van der Waals surface area contributed by atoms with Gasteiger partial charge in [-0.25, -0.2) is 13.1 Å². The standard InChI is InChI=1S/C12H19ClN2O2S.ClH/c1-3-6-14-7-8-15-18(16,17)12-5-4-10(2)9-11(12)13;/h4-5,9,14-15H,3,6-8H2,1-2H3;1H. The first-order valence-corrected chi connectivity index (χ1v) is 7.80. The molecule has 0 amide bonds. The molecule has 0 aromatic heterocycles. The van der Waals surface area contributed by atoms with Gasteiger partial charge in [0, 0.05) is 13.1 Å². The van der Waals surface area contributed by atoms with E-state index in [1.807, 2.05) is 6.92 Å². The molecule has 19 heavy (non-hydrogen) atoms. The monoisotopic (exact) mass is 326 g/mol. The third-order valence-electron chi connectivity index (χ3n) is 2.40. The van der Waals surface area contributed by atoms with E-state index in [4.69, 9.17) is 11.6 Å². The van der Waals surface area contributed by atoms with Crippen LogP contribution in [-0.4, -0.2) is 28.1 Å². The van der Waals surface area contributed by atoms with Gasteiger partial charge in [-0.2, -0.15) is 0 Å². The average Bonchev–Trinajstić information content (AvgIpc) is 2.28. The molecule has 0 spiro atoms. The van der Waals surface area contributed by atoms with E-state index in [1.165, 1.54) is 6.07 Å². The Morgan fingerprint density at radius 2 is 1.89 bits per heavy atom. The predicted octanol–water partition coefficient (Wildman–Crippen LogP) is 2.35. The van der Waals surface area contributed by atoms with Gasteiger partial charge in [0.25, 0.3) is 0 Å². The molecule has 2 N–H and O–H groups in total. The van der Waals surface area contributed by atoms with E-state index in [0.29, 0.717) is 13.1 Å². The quantitative estimate of drug-likeness (QED) is 0.756. The van der Waals surface area contributed by atoms with E-state index >= 15 is 0 Å². The van der Waals surface area contributed by atoms with E-state index in [2.05, 4.69) is 17.0 Å². The lowest BCUT2D eigenvalue weighted by Gasteiger charge is -2.09. The molecule has 0 unspecified atom stereocenters. The van der Waals surface area contributed by atoms with Crippen molar-refractivity contribution in [3.05, 3.63) is 28.8 Å². The van der Waals surface area contributed by atoms with Crippen molar-refractivity contribution in [2.75, 3.05) is 19.6 Å². The number of halogens is 2. The third kappa shape index (κ3) is 6.10. The fourth-order valence-corrected chi connectivity index (χ4v) is 3.11. The highest BCUT2D eigenvalue weighted by Crippen LogP contribution is 2.21. The number of nitrogens with one attached hydrogen (secondary N) is 2. The van der Waals surface area contributed by atoms with Crippen molar-refractivity contribution in [2.24, 2.45) is 0 Å². The van der Waals surface area contributed by atoms with Crippen molar-refractivity contribution in [1.29, 1.82) is 0 Å². The molecular formula is C12H20Cl2N2O2S. The highest BCUT2D eigenvalue weighted by Gasteiger charge is 2.16. The van der Waals surface area contributed by atoms with Gasteiger partial charge in [0.2, 0.25) is 10.0 Å². The Hall–Kier alpha value is -0.330. The highest BCUT2D eigenvalue weighted by molar-refractivity contribution is 7.89. The second-order valence-electron chi connectivity index (χ2n) is 4.08. The number of hydrogen-bond acceptors (Lipinski definition) is 3. The zero-order valence-corrected chi connectivity index (χ0v) is 13.5. The Labute approximate surface area is 126 Å². The molecule has 1 rings (SSSR count). The molecule has 0 heterocycles. The van der Waals surface area contributed by atoms with E-state index in [-0.39, 0.29) is 22.3 Å². The Kier molecular flexibility index (Phi) is 8.61. The molecule has 0 aliphatic carbocycles. The number of sulfonamides is 1. The first kappa shape index (κ1) is 18.7. The molecule has 110 valence electrons. The number of aryl methyl sites for hydroxylation is 1. The van der Waals surface area contributed by atoms with Crippen molar-refractivity contribution in [3.8, 4) is 0 Å². The Balaban J connectivity index is 0.00000324. The van der Waals surface area contributed by atoms with Gasteiger partial charge >= 0.3 is 0 Å². The second-order valence-corrected chi connectivity index (χ2v) is 6.22. The summed E-state index contributed by atoms with van der Waals surface area (Å²) in [5.74, 6) is 0. The molecule has 1 aromatic rings. The van der Waals surface area contributed by atoms with Crippen LogP contribution < -0.4 is 10.0 Å². The van der Waals surface area contributed by atoms with E-state index in [9.17, 15) is 8.42 Å². The van der Waals surface area contributed by atoms with Gasteiger partial charge in [-0.3, -0.25) is 0 Å². The summed E-state index contributed by atoms with van der Waals surface area (Å²) in [6.07, 6.45) is 1.02. The van der Waals surface area contributed by atoms with Crippen molar-refractivity contribution in [2.45, 2.75) is 25.2 Å². The van der Waals surface area contributed by atoms with Crippen LogP contribution >= 0.6 is 24.0 Å². The summed E-state index contributed by atoms with van der Waals surface area (Å²) >= 11 is 5.94. The fourth-order valence-electron chi connectivity index (χ4n) is 1.48. The van der Waals surface area contributed by atoms with Crippen molar-refractivity contribution in [1.82, 2.24) is 10.0 Å². The highest BCUT2D eigenvalue weighted by atomic mass is 35.5. The first-order valence-electron chi connectivity index (χ1n) is 5.94. The third-order valence-corrected chi connectivity index (χ3v) is 4.34. The molecule has 0 saturated heterocycles. The van der Waals surface area contributed by atoms with Crippen LogP contribution in [0.5, 0.6) is 0 Å². The minimum absolute atomic E-state index is 0. The Bertz CT molecular complexity index is 493. The predicted molar refractivity (Wildman–Crippen MR) is 81.8 cm³/mol. The second kappa shape index (κ2) is 8.76. The number of hydrogen-bond donors (Lipinski definition) is 2. The lowest BCUT2D eigenvalue weighted by Crippen LogP contribution is -2.32. The summed E-state index contributed by atoms with van der Waals surface area (Å²) in [7, 11) is -3.52. The number of rotatable bonds is 7. The van der Waals surface area contributed by atoms with Crippen LogP contribution in [0.1, 0.15) is 18.9 Å². The molecule has 0 atom stereocenters. The summed E-state index contributed by atoms with van der Waals surface area (Å²) in [6.45, 7) is 5.77. The molecule has 1 aromatic carbocycles. The lowest BCUT2D eigenvalue weighted by atomic mass is 10.2. The van der Waals surface area contributed by atoms with Gasteiger partial charge in [0.1, 0.15) is 4.90 Å². The SMILES string of the molecule is CCCNCCNS(=O)(=O)c1ccc(C)cc1Cl.Cl. The van der Waals surface area contributed by atoms with Crippen LogP contribution in [0.3, 0.4) is 0 Å². The number of benzene rings is 1. The minimum Gasteiger partial charge on any atom is -0.315 e. The molecule has 0 fully saturated rings. The maximum Gasteiger partial charge on any atom is 0.242 e. The summed E-state index contributed by atoms with van der Waals surface area (Å²) in [5.41, 5.74) is 0.934. The van der Waals surface area contributed by atoms with Crippen LogP contribution in [0.25, 0.3) is 0 Å². The first-order chi connectivity index (χ1) is 8.47. The van der Waals surface area contributed by atoms with Crippen LogP contribution in [0, 0.1) is 6.92 Å². The topological polar surface area (TPSA) is 58.2 Å². The van der Waals surface area contributed by atoms with Gasteiger partial charge in [-0.15, -0.1) is 12.4 Å². The lowest BCUT2D eigenvalue weighted by molar-refractivity contribution is 0.575. The summed E-state index contributed by atoms with van der Waals surface area (Å²) in [5, 5.41) is 3.38. The minimum atomic E-state index is -3.52. The summed E-state index contributed by atoms with van der Waals surface area (Å²) in [4.78, 5) is 0.130. The molecule has 0 saturated carbocycles. The average molecular weight is 327 g/mol. The van der Waals surface area contributed by atoms with Crippen LogP contribution in [0.2, 0.25) is 5.02 Å². The van der Waals surface area contributed by atoms with Crippen molar-refractivity contribution >= 4 is 34.0 Å². The van der Waals surface area contributed by atoms with Gasteiger partial charge < -0.3 is 5.32 Å². The zero-order chi connectivity index (χ0) is 13.6.